The third-order valence-electron chi connectivity index (χ3n) is 5.65. The van der Waals surface area contributed by atoms with Gasteiger partial charge in [0, 0.05) is 43.0 Å². The molecule has 2 aromatic carbocycles. The number of hydrogen-bond acceptors (Lipinski definition) is 2. The Morgan fingerprint density at radius 2 is 1.69 bits per heavy atom. The molecule has 2 aromatic rings. The fourth-order valence-electron chi connectivity index (χ4n) is 4.21. The standard InChI is InChI=1S/C21H23FN2O2/c22-19-9-8-18(16-5-1-2-6-17(16)19)21(26)23-13-10-15(11-14-23)24-12-4-3-7-20(24)25/h1-2,5-6,8-9,15H,3-4,7,10-14H2. The molecule has 4 nitrogen and oxygen atoms in total. The minimum absolute atomic E-state index is 0.0513. The van der Waals surface area contributed by atoms with Gasteiger partial charge in [-0.3, -0.25) is 9.59 Å². The highest BCUT2D eigenvalue weighted by atomic mass is 19.1. The molecule has 0 bridgehead atoms. The van der Waals surface area contributed by atoms with Gasteiger partial charge in [0.25, 0.3) is 5.91 Å². The van der Waals surface area contributed by atoms with Crippen molar-refractivity contribution in [2.45, 2.75) is 38.1 Å². The molecule has 0 unspecified atom stereocenters. The van der Waals surface area contributed by atoms with Crippen molar-refractivity contribution in [2.24, 2.45) is 0 Å². The maximum absolute atomic E-state index is 14.0. The van der Waals surface area contributed by atoms with Crippen LogP contribution in [-0.2, 0) is 4.79 Å². The quantitative estimate of drug-likeness (QED) is 0.827. The minimum Gasteiger partial charge on any atom is -0.340 e. The maximum atomic E-state index is 14.0. The number of halogens is 1. The molecular formula is C21H23FN2O2. The Labute approximate surface area is 152 Å². The maximum Gasteiger partial charge on any atom is 0.254 e. The topological polar surface area (TPSA) is 40.6 Å². The van der Waals surface area contributed by atoms with E-state index in [4.69, 9.17) is 0 Å². The first-order chi connectivity index (χ1) is 12.6. The van der Waals surface area contributed by atoms with Crippen LogP contribution < -0.4 is 0 Å². The molecule has 0 aliphatic carbocycles. The second-order valence-electron chi connectivity index (χ2n) is 7.21. The van der Waals surface area contributed by atoms with E-state index in [1.165, 1.54) is 6.07 Å². The highest BCUT2D eigenvalue weighted by Crippen LogP contribution is 2.26. The first-order valence-corrected chi connectivity index (χ1v) is 9.41. The molecule has 2 aliphatic rings. The summed E-state index contributed by atoms with van der Waals surface area (Å²) in [5.41, 5.74) is 0.550. The number of piperidine rings is 2. The van der Waals surface area contributed by atoms with Gasteiger partial charge >= 0.3 is 0 Å². The highest BCUT2D eigenvalue weighted by molar-refractivity contribution is 6.07. The van der Waals surface area contributed by atoms with Gasteiger partial charge in [-0.2, -0.15) is 0 Å². The average Bonchev–Trinajstić information content (AvgIpc) is 2.69. The van der Waals surface area contributed by atoms with Crippen molar-refractivity contribution >= 4 is 22.6 Å². The van der Waals surface area contributed by atoms with Crippen LogP contribution in [0.5, 0.6) is 0 Å². The van der Waals surface area contributed by atoms with Gasteiger partial charge in [0.1, 0.15) is 5.82 Å². The zero-order valence-corrected chi connectivity index (χ0v) is 14.8. The second kappa shape index (κ2) is 7.06. The van der Waals surface area contributed by atoms with Crippen LogP contribution in [0.2, 0.25) is 0 Å². The Bertz CT molecular complexity index is 843. The summed E-state index contributed by atoms with van der Waals surface area (Å²) >= 11 is 0. The molecule has 0 saturated carbocycles. The van der Waals surface area contributed by atoms with Gasteiger partial charge in [-0.1, -0.05) is 24.3 Å². The van der Waals surface area contributed by atoms with Crippen LogP contribution >= 0.6 is 0 Å². The normalized spacial score (nSPS) is 19.2. The molecule has 136 valence electrons. The van der Waals surface area contributed by atoms with Crippen molar-refractivity contribution in [1.29, 1.82) is 0 Å². The number of hydrogen-bond donors (Lipinski definition) is 0. The third kappa shape index (κ3) is 3.06. The molecule has 2 saturated heterocycles. The largest absolute Gasteiger partial charge is 0.340 e. The number of carbonyl (C=O) groups excluding carboxylic acids is 2. The van der Waals surface area contributed by atoms with Gasteiger partial charge in [-0.05, 0) is 43.2 Å². The summed E-state index contributed by atoms with van der Waals surface area (Å²) in [4.78, 5) is 29.0. The molecule has 4 rings (SSSR count). The lowest BCUT2D eigenvalue weighted by Crippen LogP contribution is -2.50. The van der Waals surface area contributed by atoms with Gasteiger partial charge in [0.2, 0.25) is 5.91 Å². The molecule has 0 N–H and O–H groups in total. The number of fused-ring (bicyclic) bond motifs is 1. The number of carbonyl (C=O) groups is 2. The van der Waals surface area contributed by atoms with Crippen LogP contribution in [0.15, 0.2) is 36.4 Å². The van der Waals surface area contributed by atoms with E-state index >= 15 is 0 Å². The lowest BCUT2D eigenvalue weighted by molar-refractivity contribution is -0.136. The minimum atomic E-state index is -0.306. The van der Waals surface area contributed by atoms with E-state index in [-0.39, 0.29) is 23.7 Å². The SMILES string of the molecule is O=C(c1ccc(F)c2ccccc12)N1CCC(N2CCCCC2=O)CC1. The molecule has 26 heavy (non-hydrogen) atoms. The van der Waals surface area contributed by atoms with Crippen LogP contribution in [0, 0.1) is 5.82 Å². The first-order valence-electron chi connectivity index (χ1n) is 9.41. The van der Waals surface area contributed by atoms with E-state index in [1.807, 2.05) is 15.9 Å². The number of likely N-dealkylation sites (tertiary alicyclic amines) is 2. The number of nitrogens with zero attached hydrogens (tertiary/aromatic N) is 2. The lowest BCUT2D eigenvalue weighted by Gasteiger charge is -2.40. The molecule has 2 fully saturated rings. The number of amides is 2. The predicted molar refractivity (Wildman–Crippen MR) is 98.4 cm³/mol. The molecule has 0 aromatic heterocycles. The van der Waals surface area contributed by atoms with E-state index in [1.54, 1.807) is 24.3 Å². The van der Waals surface area contributed by atoms with Crippen LogP contribution in [0.1, 0.15) is 42.5 Å². The zero-order chi connectivity index (χ0) is 18.1. The molecule has 5 heteroatoms. The van der Waals surface area contributed by atoms with Crippen LogP contribution in [0.3, 0.4) is 0 Å². The highest BCUT2D eigenvalue weighted by Gasteiger charge is 2.31. The van der Waals surface area contributed by atoms with E-state index in [0.717, 1.165) is 32.2 Å². The van der Waals surface area contributed by atoms with E-state index in [0.29, 0.717) is 35.8 Å². The van der Waals surface area contributed by atoms with Crippen LogP contribution in [0.4, 0.5) is 4.39 Å². The lowest BCUT2D eigenvalue weighted by atomic mass is 9.98. The Balaban J connectivity index is 1.49. The van der Waals surface area contributed by atoms with Gasteiger partial charge in [0.05, 0.1) is 0 Å². The summed E-state index contributed by atoms with van der Waals surface area (Å²) in [6, 6.07) is 10.3. The fourth-order valence-corrected chi connectivity index (χ4v) is 4.21. The van der Waals surface area contributed by atoms with Crippen LogP contribution in [-0.4, -0.2) is 47.3 Å². The molecule has 0 radical (unpaired) electrons. The van der Waals surface area contributed by atoms with E-state index < -0.39 is 0 Å². The summed E-state index contributed by atoms with van der Waals surface area (Å²) < 4.78 is 14.0. The molecule has 2 aliphatic heterocycles. The van der Waals surface area contributed by atoms with Crippen molar-refractivity contribution in [1.82, 2.24) is 9.80 Å². The van der Waals surface area contributed by atoms with E-state index in [9.17, 15) is 14.0 Å². The first kappa shape index (κ1) is 17.0. The third-order valence-corrected chi connectivity index (χ3v) is 5.65. The van der Waals surface area contributed by atoms with Crippen molar-refractivity contribution in [2.75, 3.05) is 19.6 Å². The Hall–Kier alpha value is -2.43. The van der Waals surface area contributed by atoms with Gasteiger partial charge < -0.3 is 9.80 Å². The molecule has 2 amide bonds. The van der Waals surface area contributed by atoms with Gasteiger partial charge in [-0.25, -0.2) is 4.39 Å². The van der Waals surface area contributed by atoms with Crippen molar-refractivity contribution in [3.05, 3.63) is 47.8 Å². The zero-order valence-electron chi connectivity index (χ0n) is 14.8. The predicted octanol–water partition coefficient (Wildman–Crippen LogP) is 3.60. The summed E-state index contributed by atoms with van der Waals surface area (Å²) in [6.45, 7) is 2.12. The second-order valence-corrected chi connectivity index (χ2v) is 7.21. The average molecular weight is 354 g/mol. The number of rotatable bonds is 2. The van der Waals surface area contributed by atoms with Crippen molar-refractivity contribution < 1.29 is 14.0 Å². The summed E-state index contributed by atoms with van der Waals surface area (Å²) in [6.07, 6.45) is 4.35. The molecule has 0 spiro atoms. The van der Waals surface area contributed by atoms with Gasteiger partial charge in [0.15, 0.2) is 0 Å². The molecular weight excluding hydrogens is 331 g/mol. The fraction of sp³-hybridized carbons (Fsp3) is 0.429. The Morgan fingerprint density at radius 1 is 0.962 bits per heavy atom. The summed E-state index contributed by atoms with van der Waals surface area (Å²) in [5, 5.41) is 1.14. The Kier molecular flexibility index (Phi) is 4.62. The van der Waals surface area contributed by atoms with Crippen molar-refractivity contribution in [3.63, 3.8) is 0 Å². The number of benzene rings is 2. The molecule has 0 atom stereocenters. The van der Waals surface area contributed by atoms with Crippen LogP contribution in [0.25, 0.3) is 10.8 Å². The summed E-state index contributed by atoms with van der Waals surface area (Å²) in [5.74, 6) is -0.102. The van der Waals surface area contributed by atoms with Crippen molar-refractivity contribution in [3.8, 4) is 0 Å². The smallest absolute Gasteiger partial charge is 0.254 e. The summed E-state index contributed by atoms with van der Waals surface area (Å²) in [7, 11) is 0. The monoisotopic (exact) mass is 354 g/mol. The van der Waals surface area contributed by atoms with Gasteiger partial charge in [-0.15, -0.1) is 0 Å². The Morgan fingerprint density at radius 3 is 2.42 bits per heavy atom. The molecule has 2 heterocycles. The van der Waals surface area contributed by atoms with E-state index in [2.05, 4.69) is 0 Å².